The monoisotopic (exact) mass is 418 g/mol. The molecule has 1 atom stereocenters. The topological polar surface area (TPSA) is 84.5 Å². The molecule has 0 saturated carbocycles. The summed E-state index contributed by atoms with van der Waals surface area (Å²) in [6.07, 6.45) is 3.99. The van der Waals surface area contributed by atoms with Crippen LogP contribution in [0.15, 0.2) is 53.4 Å². The van der Waals surface area contributed by atoms with Crippen LogP contribution in [0.2, 0.25) is 0 Å². The van der Waals surface area contributed by atoms with Gasteiger partial charge in [-0.1, -0.05) is 26.7 Å². The summed E-state index contributed by atoms with van der Waals surface area (Å²) in [4.78, 5) is 12.6. The van der Waals surface area contributed by atoms with E-state index in [0.29, 0.717) is 24.3 Å². The van der Waals surface area contributed by atoms with Gasteiger partial charge < -0.3 is 10.1 Å². The van der Waals surface area contributed by atoms with Gasteiger partial charge in [-0.25, -0.2) is 13.1 Å². The van der Waals surface area contributed by atoms with Gasteiger partial charge in [-0.2, -0.15) is 0 Å². The molecule has 2 aromatic carbocycles. The molecule has 6 nitrogen and oxygen atoms in total. The van der Waals surface area contributed by atoms with Crippen molar-refractivity contribution in [1.29, 1.82) is 0 Å². The Morgan fingerprint density at radius 2 is 1.66 bits per heavy atom. The van der Waals surface area contributed by atoms with Crippen LogP contribution >= 0.6 is 0 Å². The van der Waals surface area contributed by atoms with E-state index in [-0.39, 0.29) is 16.8 Å². The molecule has 0 radical (unpaired) electrons. The van der Waals surface area contributed by atoms with Crippen molar-refractivity contribution in [3.05, 3.63) is 54.1 Å². The molecule has 0 aliphatic rings. The molecule has 1 unspecified atom stereocenters. The van der Waals surface area contributed by atoms with E-state index in [9.17, 15) is 13.2 Å². The highest BCUT2D eigenvalue weighted by Gasteiger charge is 2.16. The lowest BCUT2D eigenvalue weighted by Crippen LogP contribution is -2.31. The third-order valence-electron chi connectivity index (χ3n) is 4.52. The number of hydrogen-bond acceptors (Lipinski definition) is 4. The van der Waals surface area contributed by atoms with Crippen LogP contribution in [0.25, 0.3) is 0 Å². The Balaban J connectivity index is 1.95. The van der Waals surface area contributed by atoms with Gasteiger partial charge in [-0.15, -0.1) is 0 Å². The van der Waals surface area contributed by atoms with Crippen LogP contribution in [-0.2, 0) is 10.0 Å². The summed E-state index contributed by atoms with van der Waals surface area (Å²) in [5.41, 5.74) is 1.03. The highest BCUT2D eigenvalue weighted by atomic mass is 32.2. The Hall–Kier alpha value is -2.38. The molecule has 0 aliphatic carbocycles. The molecule has 0 bridgehead atoms. The smallest absolute Gasteiger partial charge is 0.255 e. The third kappa shape index (κ3) is 7.18. The molecule has 0 aromatic heterocycles. The zero-order valence-electron chi connectivity index (χ0n) is 17.3. The molecule has 29 heavy (non-hydrogen) atoms. The maximum absolute atomic E-state index is 12.4. The number of ether oxygens (including phenoxy) is 1. The lowest BCUT2D eigenvalue weighted by molar-refractivity contribution is 0.102. The quantitative estimate of drug-likeness (QED) is 0.523. The molecule has 2 N–H and O–H groups in total. The fourth-order valence-electron chi connectivity index (χ4n) is 2.58. The summed E-state index contributed by atoms with van der Waals surface area (Å²) < 4.78 is 32.8. The minimum absolute atomic E-state index is 0.141. The van der Waals surface area contributed by atoms with Crippen LogP contribution in [-0.4, -0.2) is 27.0 Å². The number of unbranched alkanes of at least 4 members (excludes halogenated alkanes) is 2. The average Bonchev–Trinajstić information content (AvgIpc) is 2.71. The highest BCUT2D eigenvalue weighted by molar-refractivity contribution is 7.89. The number of amides is 1. The van der Waals surface area contributed by atoms with E-state index in [2.05, 4.69) is 17.0 Å². The number of nitrogens with one attached hydrogen (secondary N) is 2. The molecule has 7 heteroatoms. The molecule has 2 aromatic rings. The molecule has 0 heterocycles. The predicted molar refractivity (Wildman–Crippen MR) is 116 cm³/mol. The second kappa shape index (κ2) is 11.0. The van der Waals surface area contributed by atoms with Gasteiger partial charge in [-0.3, -0.25) is 4.79 Å². The molecule has 2 rings (SSSR count). The first-order valence-electron chi connectivity index (χ1n) is 10.0. The Morgan fingerprint density at radius 1 is 1.00 bits per heavy atom. The van der Waals surface area contributed by atoms with Crippen molar-refractivity contribution < 1.29 is 17.9 Å². The van der Waals surface area contributed by atoms with Crippen LogP contribution in [0.1, 0.15) is 56.8 Å². The van der Waals surface area contributed by atoms with Crippen LogP contribution in [0.5, 0.6) is 5.75 Å². The van der Waals surface area contributed by atoms with Gasteiger partial charge in [0, 0.05) is 17.3 Å². The summed E-state index contributed by atoms with van der Waals surface area (Å²) in [5.74, 6) is 0.469. The standard InChI is InChI=1S/C22H30N2O4S/c1-4-6-7-16-28-20-12-8-18(9-13-20)22(25)23-19-10-14-21(15-11-19)29(26,27)24-17(3)5-2/h8-15,17,24H,4-7,16H2,1-3H3,(H,23,25). The number of anilines is 1. The van der Waals surface area contributed by atoms with Gasteiger partial charge in [-0.05, 0) is 68.3 Å². The Labute approximate surface area is 173 Å². The average molecular weight is 419 g/mol. The number of carbonyl (C=O) groups excluding carboxylic acids is 1. The van der Waals surface area contributed by atoms with E-state index in [0.717, 1.165) is 25.0 Å². The largest absolute Gasteiger partial charge is 0.494 e. The minimum Gasteiger partial charge on any atom is -0.494 e. The Kier molecular flexibility index (Phi) is 8.67. The van der Waals surface area contributed by atoms with Gasteiger partial charge in [0.1, 0.15) is 5.75 Å². The van der Waals surface area contributed by atoms with Crippen molar-refractivity contribution in [2.24, 2.45) is 0 Å². The van der Waals surface area contributed by atoms with Gasteiger partial charge in [0.15, 0.2) is 0 Å². The highest BCUT2D eigenvalue weighted by Crippen LogP contribution is 2.17. The van der Waals surface area contributed by atoms with Crippen LogP contribution < -0.4 is 14.8 Å². The number of benzene rings is 2. The van der Waals surface area contributed by atoms with E-state index < -0.39 is 10.0 Å². The predicted octanol–water partition coefficient (Wildman–Crippen LogP) is 4.58. The first-order chi connectivity index (χ1) is 13.9. The lowest BCUT2D eigenvalue weighted by Gasteiger charge is -2.12. The van der Waals surface area contributed by atoms with E-state index in [4.69, 9.17) is 4.74 Å². The fourth-order valence-corrected chi connectivity index (χ4v) is 3.91. The van der Waals surface area contributed by atoms with Crippen molar-refractivity contribution in [2.45, 2.75) is 57.4 Å². The van der Waals surface area contributed by atoms with E-state index in [1.807, 2.05) is 13.8 Å². The lowest BCUT2D eigenvalue weighted by atomic mass is 10.2. The van der Waals surface area contributed by atoms with E-state index >= 15 is 0 Å². The van der Waals surface area contributed by atoms with Crippen LogP contribution in [0.4, 0.5) is 5.69 Å². The molecule has 1 amide bonds. The third-order valence-corrected chi connectivity index (χ3v) is 6.13. The summed E-state index contributed by atoms with van der Waals surface area (Å²) in [6, 6.07) is 12.9. The number of rotatable bonds is 11. The SMILES string of the molecule is CCCCCOc1ccc(C(=O)Nc2ccc(S(=O)(=O)NC(C)CC)cc2)cc1. The Morgan fingerprint density at radius 3 is 2.24 bits per heavy atom. The maximum Gasteiger partial charge on any atom is 0.255 e. The molecule has 0 saturated heterocycles. The summed E-state index contributed by atoms with van der Waals surface area (Å²) in [6.45, 7) is 6.54. The second-order valence-corrected chi connectivity index (χ2v) is 8.70. The van der Waals surface area contributed by atoms with Crippen LogP contribution in [0, 0.1) is 0 Å². The maximum atomic E-state index is 12.4. The van der Waals surface area contributed by atoms with Gasteiger partial charge >= 0.3 is 0 Å². The number of carbonyl (C=O) groups is 1. The van der Waals surface area contributed by atoms with Crippen molar-refractivity contribution in [3.63, 3.8) is 0 Å². The van der Waals surface area contributed by atoms with E-state index in [1.54, 1.807) is 36.4 Å². The van der Waals surface area contributed by atoms with Crippen molar-refractivity contribution in [1.82, 2.24) is 4.72 Å². The van der Waals surface area contributed by atoms with Crippen LogP contribution in [0.3, 0.4) is 0 Å². The zero-order chi connectivity index (χ0) is 21.3. The fraction of sp³-hybridized carbons (Fsp3) is 0.409. The molecule has 0 aliphatic heterocycles. The zero-order valence-corrected chi connectivity index (χ0v) is 18.1. The minimum atomic E-state index is -3.56. The van der Waals surface area contributed by atoms with Crippen molar-refractivity contribution in [2.75, 3.05) is 11.9 Å². The number of hydrogen-bond donors (Lipinski definition) is 2. The van der Waals surface area contributed by atoms with Gasteiger partial charge in [0.05, 0.1) is 11.5 Å². The molecular formula is C22H30N2O4S. The molecule has 0 spiro atoms. The molecule has 158 valence electrons. The second-order valence-electron chi connectivity index (χ2n) is 6.99. The molecule has 0 fully saturated rings. The summed E-state index contributed by atoms with van der Waals surface area (Å²) in [5, 5.41) is 2.77. The normalized spacial score (nSPS) is 12.4. The number of sulfonamides is 1. The van der Waals surface area contributed by atoms with Gasteiger partial charge in [0.2, 0.25) is 10.0 Å². The Bertz CT molecular complexity index is 878. The first kappa shape index (κ1) is 22.9. The first-order valence-corrected chi connectivity index (χ1v) is 11.5. The summed E-state index contributed by atoms with van der Waals surface area (Å²) in [7, 11) is -3.56. The summed E-state index contributed by atoms with van der Waals surface area (Å²) >= 11 is 0. The van der Waals surface area contributed by atoms with Crippen molar-refractivity contribution in [3.8, 4) is 5.75 Å². The molecular weight excluding hydrogens is 388 g/mol. The van der Waals surface area contributed by atoms with E-state index in [1.165, 1.54) is 12.1 Å². The van der Waals surface area contributed by atoms with Crippen molar-refractivity contribution >= 4 is 21.6 Å². The van der Waals surface area contributed by atoms with Gasteiger partial charge in [0.25, 0.3) is 5.91 Å².